The number of hydrogen-bond acceptors (Lipinski definition) is 4. The molecule has 0 bridgehead atoms. The van der Waals surface area contributed by atoms with Gasteiger partial charge in [0.25, 0.3) is 0 Å². The SMILES string of the molecule is C=C(c1nc(CC)cc2c(CC)cccc12)N1CCC[C@H]1c1ncc(-c2ccc(-c3ccc(/C(C)=C/N=C(C)[C@@H](C)CCCC)cc3)cc2)[nH]1. The molecule has 2 aromatic heterocycles. The number of pyridine rings is 1. The van der Waals surface area contributed by atoms with Crippen LogP contribution in [0.4, 0.5) is 0 Å². The van der Waals surface area contributed by atoms with Crippen molar-refractivity contribution in [3.63, 3.8) is 0 Å². The number of nitrogens with one attached hydrogen (secondary N) is 1. The van der Waals surface area contributed by atoms with Crippen LogP contribution in [0, 0.1) is 5.92 Å². The summed E-state index contributed by atoms with van der Waals surface area (Å²) >= 11 is 0. The molecule has 6 rings (SSSR count). The summed E-state index contributed by atoms with van der Waals surface area (Å²) in [6, 6.07) is 26.6. The van der Waals surface area contributed by atoms with Crippen LogP contribution < -0.4 is 0 Å². The van der Waals surface area contributed by atoms with Crippen LogP contribution in [0.2, 0.25) is 0 Å². The van der Waals surface area contributed by atoms with Gasteiger partial charge >= 0.3 is 0 Å². The molecule has 3 heterocycles. The van der Waals surface area contributed by atoms with Crippen LogP contribution in [0.3, 0.4) is 0 Å². The van der Waals surface area contributed by atoms with E-state index in [0.29, 0.717) is 5.92 Å². The molecule has 1 N–H and O–H groups in total. The first-order valence-corrected chi connectivity index (χ1v) is 18.7. The van der Waals surface area contributed by atoms with E-state index in [2.05, 4.69) is 131 Å². The van der Waals surface area contributed by atoms with Gasteiger partial charge in [-0.1, -0.05) is 114 Å². The standard InChI is InChI=1S/C45H53N5/c1-8-11-14-30(4)32(6)46-28-31(5)35-18-20-36(21-19-35)37-22-24-38(25-23-37)42-29-47-45(49-42)43-17-13-26-50(43)33(7)44-40-16-12-15-34(9-2)41(40)27-39(10-3)48-44/h12,15-16,18-25,27-30,43H,7-11,13-14,17,26H2,1-6H3,(H,47,49)/b31-28+,46-32?/t30-,43-/m0/s1. The highest BCUT2D eigenvalue weighted by Crippen LogP contribution is 2.39. The summed E-state index contributed by atoms with van der Waals surface area (Å²) in [7, 11) is 0. The molecular formula is C45H53N5. The lowest BCUT2D eigenvalue weighted by Crippen LogP contribution is -2.23. The molecule has 0 saturated carbocycles. The summed E-state index contributed by atoms with van der Waals surface area (Å²) in [4.78, 5) is 20.9. The third-order valence-corrected chi connectivity index (χ3v) is 10.6. The fourth-order valence-electron chi connectivity index (χ4n) is 7.15. The molecule has 5 heteroatoms. The minimum absolute atomic E-state index is 0.141. The van der Waals surface area contributed by atoms with E-state index in [4.69, 9.17) is 15.0 Å². The van der Waals surface area contributed by atoms with Crippen LogP contribution in [0.25, 0.3) is 44.4 Å². The van der Waals surface area contributed by atoms with Crippen molar-refractivity contribution in [1.82, 2.24) is 19.9 Å². The summed E-state index contributed by atoms with van der Waals surface area (Å²) in [6.07, 6.45) is 11.7. The minimum Gasteiger partial charge on any atom is -0.360 e. The van der Waals surface area contributed by atoms with E-state index in [-0.39, 0.29) is 6.04 Å². The third kappa shape index (κ3) is 7.52. The Morgan fingerprint density at radius 1 is 0.960 bits per heavy atom. The lowest BCUT2D eigenvalue weighted by molar-refractivity contribution is 0.366. The molecule has 2 atom stereocenters. The van der Waals surface area contributed by atoms with Crippen LogP contribution in [0.5, 0.6) is 0 Å². The summed E-state index contributed by atoms with van der Waals surface area (Å²) in [5, 5.41) is 2.48. The fourth-order valence-corrected chi connectivity index (χ4v) is 7.15. The van der Waals surface area contributed by atoms with E-state index >= 15 is 0 Å². The van der Waals surface area contributed by atoms with Gasteiger partial charge in [0.05, 0.1) is 29.3 Å². The maximum absolute atomic E-state index is 5.12. The number of H-pyrrole nitrogens is 1. The van der Waals surface area contributed by atoms with Gasteiger partial charge in [-0.2, -0.15) is 0 Å². The second-order valence-electron chi connectivity index (χ2n) is 13.9. The number of fused-ring (bicyclic) bond motifs is 1. The first kappa shape index (κ1) is 35.1. The summed E-state index contributed by atoms with van der Waals surface area (Å²) in [5.41, 5.74) is 12.6. The number of imidazole rings is 1. The fraction of sp³-hybridized carbons (Fsp3) is 0.356. The van der Waals surface area contributed by atoms with Gasteiger partial charge in [0, 0.05) is 29.5 Å². The maximum Gasteiger partial charge on any atom is 0.129 e. The number of aliphatic imine (C=N–C) groups is 1. The number of allylic oxidation sites excluding steroid dienone is 1. The Bertz CT molecular complexity index is 1990. The normalized spacial score (nSPS) is 16.0. The molecule has 5 aromatic rings. The lowest BCUT2D eigenvalue weighted by Gasteiger charge is -2.28. The lowest BCUT2D eigenvalue weighted by atomic mass is 9.99. The van der Waals surface area contributed by atoms with Crippen molar-refractivity contribution < 1.29 is 0 Å². The predicted octanol–water partition coefficient (Wildman–Crippen LogP) is 11.9. The van der Waals surface area contributed by atoms with E-state index < -0.39 is 0 Å². The minimum atomic E-state index is 0.141. The molecule has 1 aliphatic heterocycles. The van der Waals surface area contributed by atoms with Crippen molar-refractivity contribution in [3.8, 4) is 22.4 Å². The van der Waals surface area contributed by atoms with Crippen molar-refractivity contribution in [2.75, 3.05) is 6.54 Å². The van der Waals surface area contributed by atoms with E-state index in [1.807, 2.05) is 12.4 Å². The van der Waals surface area contributed by atoms with Gasteiger partial charge in [0.2, 0.25) is 0 Å². The molecule has 1 fully saturated rings. The largest absolute Gasteiger partial charge is 0.360 e. The van der Waals surface area contributed by atoms with E-state index in [1.54, 1.807) is 0 Å². The topological polar surface area (TPSA) is 57.2 Å². The number of aromatic nitrogens is 3. The zero-order valence-electron chi connectivity index (χ0n) is 30.9. The number of aryl methyl sites for hydroxylation is 2. The van der Waals surface area contributed by atoms with Gasteiger partial charge in [-0.15, -0.1) is 0 Å². The molecule has 1 saturated heterocycles. The number of likely N-dealkylation sites (tertiary alicyclic amines) is 1. The van der Waals surface area contributed by atoms with Gasteiger partial charge < -0.3 is 9.88 Å². The van der Waals surface area contributed by atoms with Crippen LogP contribution in [-0.2, 0) is 12.8 Å². The van der Waals surface area contributed by atoms with Crippen molar-refractivity contribution >= 4 is 27.8 Å². The second kappa shape index (κ2) is 15.8. The monoisotopic (exact) mass is 663 g/mol. The average molecular weight is 664 g/mol. The van der Waals surface area contributed by atoms with Crippen molar-refractivity contribution in [2.45, 2.75) is 92.5 Å². The molecule has 50 heavy (non-hydrogen) atoms. The molecule has 0 amide bonds. The molecule has 0 unspecified atom stereocenters. The zero-order valence-corrected chi connectivity index (χ0v) is 30.9. The van der Waals surface area contributed by atoms with Gasteiger partial charge in [-0.05, 0) is 96.7 Å². The molecular weight excluding hydrogens is 611 g/mol. The summed E-state index contributed by atoms with van der Waals surface area (Å²) < 4.78 is 0. The highest BCUT2D eigenvalue weighted by Gasteiger charge is 2.31. The molecule has 0 spiro atoms. The molecule has 1 aliphatic rings. The van der Waals surface area contributed by atoms with Crippen LogP contribution in [-0.4, -0.2) is 32.1 Å². The quantitative estimate of drug-likeness (QED) is 0.128. The first-order chi connectivity index (χ1) is 24.3. The number of hydrogen-bond donors (Lipinski definition) is 1. The Morgan fingerprint density at radius 2 is 1.68 bits per heavy atom. The van der Waals surface area contributed by atoms with Gasteiger partial charge in [0.15, 0.2) is 0 Å². The number of aromatic amines is 1. The molecule has 0 aliphatic carbocycles. The number of rotatable bonds is 13. The van der Waals surface area contributed by atoms with Crippen molar-refractivity contribution in [2.24, 2.45) is 10.9 Å². The van der Waals surface area contributed by atoms with E-state index in [1.165, 1.54) is 63.6 Å². The Morgan fingerprint density at radius 3 is 2.38 bits per heavy atom. The Labute approximate surface area is 299 Å². The second-order valence-corrected chi connectivity index (χ2v) is 13.9. The predicted molar refractivity (Wildman–Crippen MR) is 213 cm³/mol. The van der Waals surface area contributed by atoms with E-state index in [0.717, 1.165) is 66.4 Å². The van der Waals surface area contributed by atoms with Gasteiger partial charge in [-0.25, -0.2) is 4.98 Å². The maximum atomic E-state index is 5.12. The van der Waals surface area contributed by atoms with Crippen LogP contribution >= 0.6 is 0 Å². The smallest absolute Gasteiger partial charge is 0.129 e. The Kier molecular flexibility index (Phi) is 11.1. The number of nitrogens with zero attached hydrogens (tertiary/aromatic N) is 4. The number of unbranched alkanes of at least 4 members (excludes halogenated alkanes) is 1. The van der Waals surface area contributed by atoms with E-state index in [9.17, 15) is 0 Å². The number of benzene rings is 3. The average Bonchev–Trinajstić information content (AvgIpc) is 3.86. The molecule has 5 nitrogen and oxygen atoms in total. The molecule has 0 radical (unpaired) electrons. The van der Waals surface area contributed by atoms with Gasteiger partial charge in [0.1, 0.15) is 5.82 Å². The third-order valence-electron chi connectivity index (χ3n) is 10.6. The summed E-state index contributed by atoms with van der Waals surface area (Å²) in [5.74, 6) is 1.51. The molecule has 258 valence electrons. The Hall–Kier alpha value is -4.77. The van der Waals surface area contributed by atoms with Gasteiger partial charge in [-0.3, -0.25) is 9.98 Å². The van der Waals surface area contributed by atoms with Crippen molar-refractivity contribution in [3.05, 3.63) is 120 Å². The summed E-state index contributed by atoms with van der Waals surface area (Å²) in [6.45, 7) is 18.8. The Balaban J connectivity index is 1.16. The highest BCUT2D eigenvalue weighted by atomic mass is 15.2. The zero-order chi connectivity index (χ0) is 35.2. The highest BCUT2D eigenvalue weighted by molar-refractivity contribution is 5.94. The molecule has 3 aromatic carbocycles. The van der Waals surface area contributed by atoms with Crippen molar-refractivity contribution in [1.29, 1.82) is 0 Å². The first-order valence-electron chi connectivity index (χ1n) is 18.7. The van der Waals surface area contributed by atoms with Crippen LogP contribution in [0.15, 0.2) is 96.8 Å². The van der Waals surface area contributed by atoms with Crippen LogP contribution in [0.1, 0.15) is 108 Å².